The number of fused-ring (bicyclic) bond motifs is 4. The van der Waals surface area contributed by atoms with Gasteiger partial charge in [-0.25, -0.2) is 4.98 Å². The van der Waals surface area contributed by atoms with E-state index in [9.17, 15) is 9.90 Å². The van der Waals surface area contributed by atoms with E-state index < -0.39 is 8.07 Å². The predicted octanol–water partition coefficient (Wildman–Crippen LogP) is 16.2. The summed E-state index contributed by atoms with van der Waals surface area (Å²) in [6.07, 6.45) is 8.79. The first-order valence-corrected chi connectivity index (χ1v) is 27.0. The molecule has 0 aliphatic heterocycles. The predicted molar refractivity (Wildman–Crippen MR) is 274 cm³/mol. The van der Waals surface area contributed by atoms with E-state index in [1.165, 1.54) is 72.9 Å². The summed E-state index contributed by atoms with van der Waals surface area (Å²) in [5, 5.41) is 15.1. The van der Waals surface area contributed by atoms with Crippen LogP contribution in [0.5, 0.6) is 0 Å². The molecule has 1 N–H and O–H groups in total. The molecule has 0 aliphatic carbocycles. The average molecular weight is 1060 g/mol. The van der Waals surface area contributed by atoms with Crippen molar-refractivity contribution in [2.24, 2.45) is 22.7 Å². The van der Waals surface area contributed by atoms with Crippen molar-refractivity contribution >= 4 is 61.5 Å². The van der Waals surface area contributed by atoms with Crippen molar-refractivity contribution in [3.8, 4) is 22.4 Å². The van der Waals surface area contributed by atoms with Crippen molar-refractivity contribution in [3.05, 3.63) is 102 Å². The van der Waals surface area contributed by atoms with Crippen molar-refractivity contribution in [3.63, 3.8) is 0 Å². The Morgan fingerprint density at radius 1 is 0.778 bits per heavy atom. The molecule has 4 aromatic carbocycles. The number of carbonyl (C=O) groups excluding carboxylic acids is 1. The van der Waals surface area contributed by atoms with Gasteiger partial charge in [-0.2, -0.15) is 0 Å². The summed E-state index contributed by atoms with van der Waals surface area (Å²) >= 11 is 1.83. The van der Waals surface area contributed by atoms with Gasteiger partial charge >= 0.3 is 0 Å². The molecule has 341 valence electrons. The molecule has 2 aromatic heterocycles. The number of aliphatic hydroxyl groups excluding tert-OH is 1. The maximum atomic E-state index is 11.7. The van der Waals surface area contributed by atoms with Gasteiger partial charge in [0.2, 0.25) is 0 Å². The molecule has 0 aliphatic rings. The minimum atomic E-state index is -1.67. The van der Waals surface area contributed by atoms with Crippen molar-refractivity contribution in [2.75, 3.05) is 0 Å². The minimum Gasteiger partial charge on any atom is -0.512 e. The monoisotopic (exact) mass is 1060 g/mol. The summed E-state index contributed by atoms with van der Waals surface area (Å²) in [7, 11) is -1.67. The van der Waals surface area contributed by atoms with Crippen LogP contribution in [0.1, 0.15) is 132 Å². The van der Waals surface area contributed by atoms with Gasteiger partial charge in [-0.05, 0) is 90.2 Å². The molecular weight excluding hydrogens is 985 g/mol. The Morgan fingerprint density at radius 2 is 1.40 bits per heavy atom. The summed E-state index contributed by atoms with van der Waals surface area (Å²) in [5.41, 5.74) is 10.5. The van der Waals surface area contributed by atoms with Crippen LogP contribution < -0.4 is 5.19 Å². The van der Waals surface area contributed by atoms with Gasteiger partial charge < -0.3 is 5.11 Å². The molecule has 0 saturated carbocycles. The maximum absolute atomic E-state index is 11.7. The van der Waals surface area contributed by atoms with Crippen molar-refractivity contribution in [1.29, 1.82) is 0 Å². The molecule has 0 saturated heterocycles. The van der Waals surface area contributed by atoms with Crippen LogP contribution >= 0.6 is 11.3 Å². The van der Waals surface area contributed by atoms with Crippen molar-refractivity contribution < 1.29 is 30.0 Å². The first-order valence-electron chi connectivity index (χ1n) is 23.6. The van der Waals surface area contributed by atoms with Gasteiger partial charge in [-0.3, -0.25) is 9.78 Å². The molecule has 0 spiro atoms. The summed E-state index contributed by atoms with van der Waals surface area (Å²) in [6, 6.07) is 30.7. The van der Waals surface area contributed by atoms with Crippen LogP contribution in [-0.2, 0) is 37.7 Å². The van der Waals surface area contributed by atoms with E-state index >= 15 is 0 Å². The van der Waals surface area contributed by atoms with E-state index in [4.69, 9.17) is 9.97 Å². The Balaban J connectivity index is 0.000000467. The van der Waals surface area contributed by atoms with Crippen LogP contribution in [0.25, 0.3) is 53.5 Å². The topological polar surface area (TPSA) is 63.1 Å². The first-order chi connectivity index (χ1) is 29.4. The number of carbonyl (C=O) groups is 1. The molecule has 6 rings (SSSR count). The van der Waals surface area contributed by atoms with Crippen LogP contribution in [0, 0.1) is 35.7 Å². The van der Waals surface area contributed by atoms with Gasteiger partial charge in [-0.15, -0.1) is 40.1 Å². The fourth-order valence-electron chi connectivity index (χ4n) is 9.44. The Bertz CT molecular complexity index is 2500. The zero-order valence-electron chi connectivity index (χ0n) is 40.9. The molecule has 63 heavy (non-hydrogen) atoms. The number of ketones is 1. The third-order valence-corrected chi connectivity index (χ3v) is 20.1. The number of hydrogen-bond donors (Lipinski definition) is 1. The number of hydrogen-bond acceptors (Lipinski definition) is 5. The maximum Gasteiger partial charge on any atom is 0.162 e. The smallest absolute Gasteiger partial charge is 0.162 e. The van der Waals surface area contributed by atoms with Crippen LogP contribution in [-0.4, -0.2) is 28.9 Å². The van der Waals surface area contributed by atoms with Gasteiger partial charge in [0.15, 0.2) is 5.78 Å². The second-order valence-electron chi connectivity index (χ2n) is 20.1. The fourth-order valence-corrected chi connectivity index (χ4v) is 14.5. The molecule has 6 aromatic rings. The van der Waals surface area contributed by atoms with E-state index in [0.717, 1.165) is 60.0 Å². The van der Waals surface area contributed by atoms with Crippen molar-refractivity contribution in [1.82, 2.24) is 9.97 Å². The van der Waals surface area contributed by atoms with Gasteiger partial charge in [0, 0.05) is 58.5 Å². The Morgan fingerprint density at radius 3 is 1.98 bits per heavy atom. The first kappa shape index (κ1) is 52.1. The van der Waals surface area contributed by atoms with Crippen LogP contribution in [0.15, 0.2) is 78.8 Å². The average Bonchev–Trinajstić information content (AvgIpc) is 3.61. The normalized spacial score (nSPS) is 12.6. The fraction of sp³-hybridized carbons (Fsp3) is 0.482. The Hall–Kier alpha value is -3.48. The van der Waals surface area contributed by atoms with E-state index in [0.29, 0.717) is 0 Å². The molecule has 0 bridgehead atoms. The third-order valence-electron chi connectivity index (χ3n) is 13.3. The van der Waals surface area contributed by atoms with E-state index in [-0.39, 0.29) is 54.3 Å². The van der Waals surface area contributed by atoms with Gasteiger partial charge in [0.1, 0.15) is 6.33 Å². The quantitative estimate of drug-likeness (QED) is 0.0482. The summed E-state index contributed by atoms with van der Waals surface area (Å²) in [6.45, 7) is 31.6. The van der Waals surface area contributed by atoms with Gasteiger partial charge in [0.25, 0.3) is 0 Å². The van der Waals surface area contributed by atoms with Crippen LogP contribution in [0.3, 0.4) is 0 Å². The summed E-state index contributed by atoms with van der Waals surface area (Å²) < 4.78 is 2.41. The van der Waals surface area contributed by atoms with Crippen molar-refractivity contribution in [2.45, 2.75) is 154 Å². The molecule has 0 amide bonds. The minimum absolute atomic E-state index is 0. The van der Waals surface area contributed by atoms with Crippen LogP contribution in [0.2, 0.25) is 18.1 Å². The largest absolute Gasteiger partial charge is 0.512 e. The molecule has 0 atom stereocenters. The zero-order valence-corrected chi connectivity index (χ0v) is 45.1. The van der Waals surface area contributed by atoms with Gasteiger partial charge in [-0.1, -0.05) is 162 Å². The number of thiophene rings is 1. The molecule has 2 heterocycles. The number of benzene rings is 4. The Kier molecular flexibility index (Phi) is 18.3. The van der Waals surface area contributed by atoms with Crippen LogP contribution in [0.4, 0.5) is 0 Å². The second kappa shape index (κ2) is 22.1. The molecule has 1 radical (unpaired) electrons. The number of nitrogens with zero attached hydrogens (tertiary/aromatic N) is 2. The molecular formula is C56H75IrN2O2SSi-. The standard InChI is InChI=1S/C43H51N2SSi.C13H24O2.Ir/c1-11-47(12-2,13-3)38-24-32(22-30-16-14-15-17-34(30)38)39-41-40(45-27-44-39)35-19-18-31(23-37(35)46-41)36-21-29(25-42(5,6)7)20-33(28(36)4)26-43(8,9)10;1-5-10(6-2)12(14)9-13(15)11(7-3)8-4;/h14-21,23-24,27H,11-13,25-26H2,1-10H3;9-11,14H,5-8H2,1-4H3;/q-1;;/b;12-9-;. The summed E-state index contributed by atoms with van der Waals surface area (Å²) in [4.78, 5) is 21.5. The molecule has 0 unspecified atom stereocenters. The number of aromatic nitrogens is 2. The molecule has 4 nitrogen and oxygen atoms in total. The van der Waals surface area contributed by atoms with Gasteiger partial charge in [0.05, 0.1) is 19.3 Å². The zero-order chi connectivity index (χ0) is 45.6. The number of allylic oxidation sites excluding steroid dienone is 2. The van der Waals surface area contributed by atoms with E-state index in [2.05, 4.69) is 136 Å². The SMILES string of the molecule is CCC(CC)C(=O)/C=C(\O)C(CC)CC.CC[Si](CC)(CC)c1cc(-c2ncnc3c2sc2cc(-c4cc(CC(C)(C)C)cc(CC(C)(C)C)c4C)ccc23)[c-]c2ccccc12.[Ir]. The number of rotatable bonds is 15. The second-order valence-corrected chi connectivity index (χ2v) is 26.4. The molecule has 0 fully saturated rings. The van der Waals surface area contributed by atoms with E-state index in [1.807, 2.05) is 39.0 Å². The third kappa shape index (κ3) is 12.3. The summed E-state index contributed by atoms with van der Waals surface area (Å²) in [5.74, 6) is 0.547. The Labute approximate surface area is 399 Å². The van der Waals surface area contributed by atoms with E-state index in [1.54, 1.807) is 11.5 Å². The number of aliphatic hydroxyl groups is 1. The molecule has 7 heteroatoms.